The van der Waals surface area contributed by atoms with E-state index >= 15 is 0 Å². The molecule has 1 N–H and O–H groups in total. The number of nitrogens with one attached hydrogen (secondary N) is 1. The van der Waals surface area contributed by atoms with Crippen LogP contribution >= 0.6 is 0 Å². The topological polar surface area (TPSA) is 29.9 Å². The van der Waals surface area contributed by atoms with Gasteiger partial charge in [-0.1, -0.05) is 12.1 Å². The predicted octanol–water partition coefficient (Wildman–Crippen LogP) is 2.48. The molecule has 0 aliphatic rings. The number of aromatic nitrogens is 2. The number of benzene rings is 1. The Kier molecular flexibility index (Phi) is 2.90. The van der Waals surface area contributed by atoms with E-state index in [1.165, 1.54) is 12.1 Å². The fourth-order valence-electron chi connectivity index (χ4n) is 1.57. The van der Waals surface area contributed by atoms with E-state index in [2.05, 4.69) is 10.4 Å². The van der Waals surface area contributed by atoms with Crippen molar-refractivity contribution >= 4 is 5.69 Å². The number of hydrogen-bond acceptors (Lipinski definition) is 2. The SMILES string of the molecule is Cc1nn(C)cc1NCc1ccc(F)cc1. The summed E-state index contributed by atoms with van der Waals surface area (Å²) in [5, 5.41) is 7.50. The van der Waals surface area contributed by atoms with Gasteiger partial charge < -0.3 is 5.32 Å². The first-order valence-electron chi connectivity index (χ1n) is 5.14. The summed E-state index contributed by atoms with van der Waals surface area (Å²) in [6.45, 7) is 2.62. The molecule has 2 aromatic rings. The summed E-state index contributed by atoms with van der Waals surface area (Å²) in [6, 6.07) is 6.47. The summed E-state index contributed by atoms with van der Waals surface area (Å²) < 4.78 is 14.4. The third kappa shape index (κ3) is 2.39. The fraction of sp³-hybridized carbons (Fsp3) is 0.250. The van der Waals surface area contributed by atoms with Crippen molar-refractivity contribution in [1.82, 2.24) is 9.78 Å². The van der Waals surface area contributed by atoms with E-state index < -0.39 is 0 Å². The Morgan fingerprint density at radius 2 is 2.00 bits per heavy atom. The van der Waals surface area contributed by atoms with Gasteiger partial charge in [0.1, 0.15) is 5.82 Å². The van der Waals surface area contributed by atoms with Gasteiger partial charge in [-0.05, 0) is 24.6 Å². The first kappa shape index (κ1) is 10.7. The summed E-state index contributed by atoms with van der Waals surface area (Å²) in [7, 11) is 1.88. The van der Waals surface area contributed by atoms with E-state index in [0.717, 1.165) is 16.9 Å². The summed E-state index contributed by atoms with van der Waals surface area (Å²) in [4.78, 5) is 0. The second-order valence-corrected chi connectivity index (χ2v) is 3.78. The van der Waals surface area contributed by atoms with Gasteiger partial charge in [-0.25, -0.2) is 4.39 Å². The number of aryl methyl sites for hydroxylation is 2. The first-order valence-corrected chi connectivity index (χ1v) is 5.14. The van der Waals surface area contributed by atoms with Crippen LogP contribution in [0.3, 0.4) is 0 Å². The lowest BCUT2D eigenvalue weighted by molar-refractivity contribution is 0.627. The second kappa shape index (κ2) is 4.35. The Bertz CT molecular complexity index is 474. The highest BCUT2D eigenvalue weighted by atomic mass is 19.1. The van der Waals surface area contributed by atoms with E-state index in [0.29, 0.717) is 6.54 Å². The van der Waals surface area contributed by atoms with Crippen LogP contribution in [0.5, 0.6) is 0 Å². The fourth-order valence-corrected chi connectivity index (χ4v) is 1.57. The molecule has 16 heavy (non-hydrogen) atoms. The molecule has 0 fully saturated rings. The highest BCUT2D eigenvalue weighted by Gasteiger charge is 2.01. The molecule has 0 unspecified atom stereocenters. The number of hydrogen-bond donors (Lipinski definition) is 1. The van der Waals surface area contributed by atoms with Crippen molar-refractivity contribution < 1.29 is 4.39 Å². The van der Waals surface area contributed by atoms with Crippen molar-refractivity contribution in [3.05, 3.63) is 47.5 Å². The molecule has 0 atom stereocenters. The standard InChI is InChI=1S/C12H14FN3/c1-9-12(8-16(2)15-9)14-7-10-3-5-11(13)6-4-10/h3-6,8,14H,7H2,1-2H3. The molecule has 0 aliphatic heterocycles. The van der Waals surface area contributed by atoms with Gasteiger partial charge in [-0.3, -0.25) is 4.68 Å². The second-order valence-electron chi connectivity index (χ2n) is 3.78. The largest absolute Gasteiger partial charge is 0.378 e. The molecule has 1 aromatic carbocycles. The van der Waals surface area contributed by atoms with Crippen LogP contribution < -0.4 is 5.32 Å². The van der Waals surface area contributed by atoms with Gasteiger partial charge in [0.25, 0.3) is 0 Å². The van der Waals surface area contributed by atoms with Gasteiger partial charge >= 0.3 is 0 Å². The Morgan fingerprint density at radius 3 is 2.56 bits per heavy atom. The van der Waals surface area contributed by atoms with Crippen LogP contribution in [0.1, 0.15) is 11.3 Å². The zero-order valence-corrected chi connectivity index (χ0v) is 9.37. The number of anilines is 1. The Labute approximate surface area is 93.9 Å². The van der Waals surface area contributed by atoms with Crippen LogP contribution in [0.15, 0.2) is 30.5 Å². The Balaban J connectivity index is 2.02. The van der Waals surface area contributed by atoms with E-state index in [1.807, 2.05) is 20.2 Å². The Morgan fingerprint density at radius 1 is 1.31 bits per heavy atom. The van der Waals surface area contributed by atoms with Gasteiger partial charge in [0.05, 0.1) is 11.4 Å². The average molecular weight is 219 g/mol. The monoisotopic (exact) mass is 219 g/mol. The van der Waals surface area contributed by atoms with E-state index in [4.69, 9.17) is 0 Å². The molecule has 1 aromatic heterocycles. The third-order valence-corrected chi connectivity index (χ3v) is 2.41. The third-order valence-electron chi connectivity index (χ3n) is 2.41. The predicted molar refractivity (Wildman–Crippen MR) is 61.7 cm³/mol. The van der Waals surface area contributed by atoms with Crippen molar-refractivity contribution in [2.75, 3.05) is 5.32 Å². The molecule has 0 saturated carbocycles. The van der Waals surface area contributed by atoms with E-state index in [9.17, 15) is 4.39 Å². The molecule has 0 aliphatic carbocycles. The molecule has 84 valence electrons. The smallest absolute Gasteiger partial charge is 0.123 e. The number of nitrogens with zero attached hydrogens (tertiary/aromatic N) is 2. The van der Waals surface area contributed by atoms with Crippen molar-refractivity contribution in [2.24, 2.45) is 7.05 Å². The van der Waals surface area contributed by atoms with Crippen LogP contribution in [0.2, 0.25) is 0 Å². The molecule has 0 radical (unpaired) electrons. The lowest BCUT2D eigenvalue weighted by Gasteiger charge is -2.04. The maximum atomic E-state index is 12.7. The van der Waals surface area contributed by atoms with Crippen molar-refractivity contribution in [2.45, 2.75) is 13.5 Å². The van der Waals surface area contributed by atoms with Crippen molar-refractivity contribution in [3.8, 4) is 0 Å². The summed E-state index contributed by atoms with van der Waals surface area (Å²) in [5.74, 6) is -0.207. The average Bonchev–Trinajstić information content (AvgIpc) is 2.57. The minimum absolute atomic E-state index is 0.207. The summed E-state index contributed by atoms with van der Waals surface area (Å²) in [6.07, 6.45) is 1.93. The van der Waals surface area contributed by atoms with Crippen molar-refractivity contribution in [1.29, 1.82) is 0 Å². The van der Waals surface area contributed by atoms with Crippen LogP contribution in [0.25, 0.3) is 0 Å². The van der Waals surface area contributed by atoms with E-state index in [-0.39, 0.29) is 5.82 Å². The van der Waals surface area contributed by atoms with Crippen LogP contribution in [-0.2, 0) is 13.6 Å². The lowest BCUT2D eigenvalue weighted by atomic mass is 10.2. The molecule has 0 spiro atoms. The summed E-state index contributed by atoms with van der Waals surface area (Å²) >= 11 is 0. The zero-order chi connectivity index (χ0) is 11.5. The van der Waals surface area contributed by atoms with Gasteiger partial charge in [-0.15, -0.1) is 0 Å². The molecule has 1 heterocycles. The minimum Gasteiger partial charge on any atom is -0.378 e. The quantitative estimate of drug-likeness (QED) is 0.859. The van der Waals surface area contributed by atoms with Crippen LogP contribution in [-0.4, -0.2) is 9.78 Å². The maximum absolute atomic E-state index is 12.7. The molecular weight excluding hydrogens is 205 g/mol. The molecule has 0 amide bonds. The molecule has 2 rings (SSSR count). The van der Waals surface area contributed by atoms with E-state index in [1.54, 1.807) is 16.8 Å². The van der Waals surface area contributed by atoms with Crippen LogP contribution in [0.4, 0.5) is 10.1 Å². The molecule has 4 heteroatoms. The maximum Gasteiger partial charge on any atom is 0.123 e. The number of rotatable bonds is 3. The molecular formula is C12H14FN3. The highest BCUT2D eigenvalue weighted by molar-refractivity contribution is 5.45. The summed E-state index contributed by atoms with van der Waals surface area (Å²) in [5.41, 5.74) is 3.01. The molecule has 0 saturated heterocycles. The van der Waals surface area contributed by atoms with Gasteiger partial charge in [0, 0.05) is 19.8 Å². The lowest BCUT2D eigenvalue weighted by Crippen LogP contribution is -1.99. The van der Waals surface area contributed by atoms with Crippen molar-refractivity contribution in [3.63, 3.8) is 0 Å². The Hall–Kier alpha value is -1.84. The molecule has 0 bridgehead atoms. The minimum atomic E-state index is -0.207. The molecule has 3 nitrogen and oxygen atoms in total. The van der Waals surface area contributed by atoms with Gasteiger partial charge in [0.2, 0.25) is 0 Å². The highest BCUT2D eigenvalue weighted by Crippen LogP contribution is 2.13. The van der Waals surface area contributed by atoms with Gasteiger partial charge in [0.15, 0.2) is 0 Å². The van der Waals surface area contributed by atoms with Crippen LogP contribution in [0, 0.1) is 12.7 Å². The number of halogens is 1. The first-order chi connectivity index (χ1) is 7.65. The normalized spacial score (nSPS) is 10.4. The van der Waals surface area contributed by atoms with Gasteiger partial charge in [-0.2, -0.15) is 5.10 Å². The zero-order valence-electron chi connectivity index (χ0n) is 9.37.